The molecule has 0 unspecified atom stereocenters. The van der Waals surface area contributed by atoms with E-state index in [1.165, 1.54) is 24.3 Å². The lowest BCUT2D eigenvalue weighted by Crippen LogP contribution is -2.20. The van der Waals surface area contributed by atoms with Crippen LogP contribution in [0.2, 0.25) is 0 Å². The molecule has 1 N–H and O–H groups in total. The average Bonchev–Trinajstić information content (AvgIpc) is 2.19. The first-order chi connectivity index (χ1) is 7.08. The fourth-order valence-electron chi connectivity index (χ4n) is 0.861. The Kier molecular flexibility index (Phi) is 3.56. The van der Waals surface area contributed by atoms with Crippen LogP contribution in [0.1, 0.15) is 0 Å². The van der Waals surface area contributed by atoms with Gasteiger partial charge in [0, 0.05) is 11.8 Å². The number of nitrogens with one attached hydrogen (secondary N) is 1. The minimum atomic E-state index is -1.45. The van der Waals surface area contributed by atoms with Crippen molar-refractivity contribution < 1.29 is 19.1 Å². The molecule has 0 saturated carbocycles. The zero-order valence-corrected chi connectivity index (χ0v) is 7.57. The number of carbonyl (C=O) groups is 2. The maximum atomic E-state index is 12.5. The highest BCUT2D eigenvalue weighted by atomic mass is 19.1. The van der Waals surface area contributed by atoms with E-state index in [0.29, 0.717) is 11.8 Å². The Hall–Kier alpha value is -2.17. The fraction of sp³-hybridized carbons (Fsp3) is 0. The molecule has 0 bridgehead atoms. The molecule has 0 aliphatic heterocycles. The zero-order valence-electron chi connectivity index (χ0n) is 7.57. The largest absolute Gasteiger partial charge is 0.545 e. The van der Waals surface area contributed by atoms with Crippen LogP contribution in [-0.2, 0) is 9.59 Å². The maximum Gasteiger partial charge on any atom is 0.248 e. The van der Waals surface area contributed by atoms with Crippen LogP contribution in [0, 0.1) is 5.82 Å². The lowest BCUT2D eigenvalue weighted by molar-refractivity contribution is -0.297. The van der Waals surface area contributed by atoms with E-state index >= 15 is 0 Å². The van der Waals surface area contributed by atoms with E-state index in [1.807, 2.05) is 0 Å². The molecular formula is C10H7FNO3-. The van der Waals surface area contributed by atoms with Gasteiger partial charge < -0.3 is 15.2 Å². The van der Waals surface area contributed by atoms with Crippen molar-refractivity contribution in [2.75, 3.05) is 5.32 Å². The zero-order chi connectivity index (χ0) is 11.3. The minimum absolute atomic E-state index is 0.379. The third-order valence-electron chi connectivity index (χ3n) is 1.48. The van der Waals surface area contributed by atoms with Gasteiger partial charge in [-0.1, -0.05) is 0 Å². The summed E-state index contributed by atoms with van der Waals surface area (Å²) < 4.78 is 12.5. The first-order valence-corrected chi connectivity index (χ1v) is 4.03. The molecule has 1 aromatic carbocycles. The third-order valence-corrected chi connectivity index (χ3v) is 1.48. The predicted molar refractivity (Wildman–Crippen MR) is 49.2 cm³/mol. The van der Waals surface area contributed by atoms with E-state index in [2.05, 4.69) is 5.32 Å². The number of amides is 1. The van der Waals surface area contributed by atoms with Crippen LogP contribution in [0.25, 0.3) is 0 Å². The van der Waals surface area contributed by atoms with Crippen LogP contribution in [0.15, 0.2) is 36.4 Å². The summed E-state index contributed by atoms with van der Waals surface area (Å²) in [5, 5.41) is 12.3. The standard InChI is InChI=1S/C10H8FNO3/c11-7-1-3-8(4-2-7)12-9(13)5-6-10(14)15/h1-6H,(H,12,13)(H,14,15)/p-1. The van der Waals surface area contributed by atoms with E-state index in [1.54, 1.807) is 0 Å². The summed E-state index contributed by atoms with van der Waals surface area (Å²) in [6.45, 7) is 0. The Morgan fingerprint density at radius 2 is 1.80 bits per heavy atom. The number of hydrogen-bond acceptors (Lipinski definition) is 3. The van der Waals surface area contributed by atoms with Gasteiger partial charge in [-0.15, -0.1) is 0 Å². The summed E-state index contributed by atoms with van der Waals surface area (Å²) in [7, 11) is 0. The smallest absolute Gasteiger partial charge is 0.248 e. The SMILES string of the molecule is O=C([O-])C=CC(=O)Nc1ccc(F)cc1. The molecule has 1 aromatic rings. The molecule has 0 spiro atoms. The molecule has 1 amide bonds. The van der Waals surface area contributed by atoms with Gasteiger partial charge in [0.1, 0.15) is 5.82 Å². The van der Waals surface area contributed by atoms with Crippen molar-refractivity contribution in [2.24, 2.45) is 0 Å². The lowest BCUT2D eigenvalue weighted by Gasteiger charge is -2.01. The monoisotopic (exact) mass is 208 g/mol. The number of aliphatic carboxylic acids is 1. The Labute approximate surface area is 85.0 Å². The quantitative estimate of drug-likeness (QED) is 0.714. The number of halogens is 1. The minimum Gasteiger partial charge on any atom is -0.545 e. The Balaban J connectivity index is 2.59. The van der Waals surface area contributed by atoms with E-state index in [4.69, 9.17) is 0 Å². The van der Waals surface area contributed by atoms with Crippen molar-refractivity contribution in [3.05, 3.63) is 42.2 Å². The van der Waals surface area contributed by atoms with Crippen molar-refractivity contribution in [1.82, 2.24) is 0 Å². The lowest BCUT2D eigenvalue weighted by atomic mass is 10.3. The highest BCUT2D eigenvalue weighted by molar-refractivity contribution is 6.01. The fourth-order valence-corrected chi connectivity index (χ4v) is 0.861. The van der Waals surface area contributed by atoms with Gasteiger partial charge >= 0.3 is 0 Å². The van der Waals surface area contributed by atoms with Gasteiger partial charge in [-0.05, 0) is 30.3 Å². The number of benzene rings is 1. The van der Waals surface area contributed by atoms with E-state index in [-0.39, 0.29) is 0 Å². The van der Waals surface area contributed by atoms with Gasteiger partial charge in [-0.25, -0.2) is 4.39 Å². The molecule has 0 atom stereocenters. The molecule has 0 aliphatic carbocycles. The number of carboxylic acid groups (broad SMARTS) is 1. The average molecular weight is 208 g/mol. The van der Waals surface area contributed by atoms with Crippen LogP contribution in [0.4, 0.5) is 10.1 Å². The molecule has 0 heterocycles. The summed E-state index contributed by atoms with van der Waals surface area (Å²) in [5.74, 6) is -2.49. The molecule has 0 radical (unpaired) electrons. The number of rotatable bonds is 3. The van der Waals surface area contributed by atoms with Crippen LogP contribution < -0.4 is 10.4 Å². The van der Waals surface area contributed by atoms with Crippen molar-refractivity contribution in [3.8, 4) is 0 Å². The molecule has 4 nitrogen and oxygen atoms in total. The Morgan fingerprint density at radius 3 is 2.33 bits per heavy atom. The highest BCUT2D eigenvalue weighted by Gasteiger charge is 1.97. The highest BCUT2D eigenvalue weighted by Crippen LogP contribution is 2.07. The summed E-state index contributed by atoms with van der Waals surface area (Å²) >= 11 is 0. The van der Waals surface area contributed by atoms with Crippen LogP contribution in [0.3, 0.4) is 0 Å². The van der Waals surface area contributed by atoms with Crippen molar-refractivity contribution in [2.45, 2.75) is 0 Å². The molecule has 0 fully saturated rings. The summed E-state index contributed by atoms with van der Waals surface area (Å²) in [6, 6.07) is 5.08. The van der Waals surface area contributed by atoms with Crippen LogP contribution in [-0.4, -0.2) is 11.9 Å². The van der Waals surface area contributed by atoms with Crippen molar-refractivity contribution in [1.29, 1.82) is 0 Å². The van der Waals surface area contributed by atoms with Gasteiger partial charge in [0.25, 0.3) is 0 Å². The number of anilines is 1. The van der Waals surface area contributed by atoms with Crippen LogP contribution >= 0.6 is 0 Å². The molecule has 5 heteroatoms. The second kappa shape index (κ2) is 4.90. The topological polar surface area (TPSA) is 69.2 Å². The second-order valence-electron chi connectivity index (χ2n) is 2.65. The first-order valence-electron chi connectivity index (χ1n) is 4.03. The van der Waals surface area contributed by atoms with Gasteiger partial charge in [0.15, 0.2) is 0 Å². The van der Waals surface area contributed by atoms with Gasteiger partial charge in [0.2, 0.25) is 5.91 Å². The van der Waals surface area contributed by atoms with Crippen LogP contribution in [0.5, 0.6) is 0 Å². The normalized spacial score (nSPS) is 10.2. The maximum absolute atomic E-state index is 12.5. The number of carboxylic acids is 1. The predicted octanol–water partition coefficient (Wildman–Crippen LogP) is 0.0703. The van der Waals surface area contributed by atoms with E-state index in [9.17, 15) is 19.1 Å². The van der Waals surface area contributed by atoms with E-state index in [0.717, 1.165) is 6.08 Å². The summed E-state index contributed by atoms with van der Waals surface area (Å²) in [4.78, 5) is 21.0. The first kappa shape index (κ1) is 10.9. The molecule has 15 heavy (non-hydrogen) atoms. The molecule has 0 aliphatic rings. The number of carbonyl (C=O) groups excluding carboxylic acids is 2. The van der Waals surface area contributed by atoms with E-state index < -0.39 is 17.7 Å². The molecule has 1 rings (SSSR count). The van der Waals surface area contributed by atoms with Gasteiger partial charge in [0.05, 0.1) is 5.97 Å². The van der Waals surface area contributed by atoms with Crippen molar-refractivity contribution in [3.63, 3.8) is 0 Å². The Morgan fingerprint density at radius 1 is 1.20 bits per heavy atom. The second-order valence-corrected chi connectivity index (χ2v) is 2.65. The van der Waals surface area contributed by atoms with Crippen molar-refractivity contribution >= 4 is 17.6 Å². The molecule has 0 saturated heterocycles. The number of hydrogen-bond donors (Lipinski definition) is 1. The Bertz CT molecular complexity index is 398. The third kappa shape index (κ3) is 4.04. The summed E-state index contributed by atoms with van der Waals surface area (Å²) in [5.41, 5.74) is 0.379. The molecule has 78 valence electrons. The molecular weight excluding hydrogens is 201 g/mol. The molecule has 0 aromatic heterocycles. The summed E-state index contributed by atoms with van der Waals surface area (Å²) in [6.07, 6.45) is 1.43. The van der Waals surface area contributed by atoms with Gasteiger partial charge in [-0.3, -0.25) is 4.79 Å². The van der Waals surface area contributed by atoms with Gasteiger partial charge in [-0.2, -0.15) is 0 Å².